The van der Waals surface area contributed by atoms with Crippen molar-refractivity contribution in [1.29, 1.82) is 0 Å². The quantitative estimate of drug-likeness (QED) is 0.143. The number of aromatic nitrogens is 1. The predicted octanol–water partition coefficient (Wildman–Crippen LogP) is 19.6. The van der Waals surface area contributed by atoms with Crippen LogP contribution in [0.2, 0.25) is 0 Å². The molecule has 4 heteroatoms. The van der Waals surface area contributed by atoms with Crippen LogP contribution in [-0.4, -0.2) is 4.57 Å². The second-order valence-corrected chi connectivity index (χ2v) is 21.1. The summed E-state index contributed by atoms with van der Waals surface area (Å²) in [6.45, 7) is 4.75. The van der Waals surface area contributed by atoms with Gasteiger partial charge in [-0.2, -0.15) is 0 Å². The van der Waals surface area contributed by atoms with Gasteiger partial charge in [-0.25, -0.2) is 0 Å². The van der Waals surface area contributed by atoms with Crippen molar-refractivity contribution in [3.05, 3.63) is 266 Å². The fourth-order valence-electron chi connectivity index (χ4n) is 11.8. The van der Waals surface area contributed by atoms with Gasteiger partial charge in [0.05, 0.1) is 11.0 Å². The fourth-order valence-corrected chi connectivity index (χ4v) is 12.9. The van der Waals surface area contributed by atoms with E-state index < -0.39 is 0 Å². The molecule has 0 bridgehead atoms. The fraction of sp³-hybridized carbons (Fsp3) is 0.0725. The van der Waals surface area contributed by atoms with Crippen LogP contribution in [0.1, 0.15) is 37.8 Å². The van der Waals surface area contributed by atoms with Gasteiger partial charge in [-0.3, -0.25) is 0 Å². The van der Waals surface area contributed by atoms with Gasteiger partial charge in [0, 0.05) is 76.2 Å². The molecule has 3 nitrogen and oxygen atoms in total. The molecule has 2 aromatic heterocycles. The van der Waals surface area contributed by atoms with Crippen LogP contribution in [0.15, 0.2) is 254 Å². The van der Waals surface area contributed by atoms with Crippen LogP contribution in [0.4, 0.5) is 28.4 Å². The first-order valence-corrected chi connectivity index (χ1v) is 26.3. The number of allylic oxidation sites excluding steroid dienone is 3. The Morgan fingerprint density at radius 1 is 0.397 bits per heavy atom. The van der Waals surface area contributed by atoms with Crippen molar-refractivity contribution in [2.24, 2.45) is 0 Å². The summed E-state index contributed by atoms with van der Waals surface area (Å²) in [5.74, 6) is 0. The van der Waals surface area contributed by atoms with E-state index in [0.717, 1.165) is 58.1 Å². The zero-order valence-electron chi connectivity index (χ0n) is 40.8. The molecule has 2 heterocycles. The van der Waals surface area contributed by atoms with Crippen molar-refractivity contribution in [3.8, 4) is 39.1 Å². The monoisotopic (exact) mass is 953 g/mol. The normalized spacial score (nSPS) is 13.6. The van der Waals surface area contributed by atoms with Gasteiger partial charge in [0.2, 0.25) is 0 Å². The van der Waals surface area contributed by atoms with Crippen molar-refractivity contribution >= 4 is 81.8 Å². The van der Waals surface area contributed by atoms with Crippen LogP contribution >= 0.6 is 11.3 Å². The van der Waals surface area contributed by atoms with Gasteiger partial charge in [-0.05, 0) is 160 Å². The first-order chi connectivity index (χ1) is 35.9. The Balaban J connectivity index is 0.991. The maximum Gasteiger partial charge on any atom is 0.0541 e. The lowest BCUT2D eigenvalue weighted by Crippen LogP contribution is -2.19. The van der Waals surface area contributed by atoms with Crippen LogP contribution in [0.5, 0.6) is 0 Å². The summed E-state index contributed by atoms with van der Waals surface area (Å²) in [5.41, 5.74) is 20.2. The number of para-hydroxylation sites is 2. The summed E-state index contributed by atoms with van der Waals surface area (Å²) in [6.07, 6.45) is 9.08. The van der Waals surface area contributed by atoms with E-state index in [2.05, 4.69) is 277 Å². The molecule has 2 aliphatic rings. The number of nitrogens with zero attached hydrogens (tertiary/aromatic N) is 3. The van der Waals surface area contributed by atoms with E-state index in [1.54, 1.807) is 0 Å². The first-order valence-electron chi connectivity index (χ1n) is 25.5. The van der Waals surface area contributed by atoms with Crippen LogP contribution in [-0.2, 0) is 5.41 Å². The molecular weight excluding hydrogens is 903 g/mol. The largest absolute Gasteiger partial charge is 0.311 e. The second kappa shape index (κ2) is 17.3. The summed E-state index contributed by atoms with van der Waals surface area (Å²) in [4.78, 5) is 4.96. The van der Waals surface area contributed by atoms with Crippen LogP contribution in [0, 0.1) is 0 Å². The lowest BCUT2D eigenvalue weighted by Gasteiger charge is -2.32. The lowest BCUT2D eigenvalue weighted by molar-refractivity contribution is 0.660. The Morgan fingerprint density at radius 2 is 1.04 bits per heavy atom. The highest BCUT2D eigenvalue weighted by atomic mass is 32.1. The van der Waals surface area contributed by atoms with E-state index in [9.17, 15) is 0 Å². The van der Waals surface area contributed by atoms with Crippen LogP contribution < -0.4 is 9.80 Å². The van der Waals surface area contributed by atoms with E-state index in [1.165, 1.54) is 81.1 Å². The van der Waals surface area contributed by atoms with Crippen LogP contribution in [0.25, 0.3) is 81.0 Å². The molecule has 10 aromatic carbocycles. The standard InChI is InChI=1S/C69H51N3S/c1-69(2)63-27-15-12-24-57(63)58-37-35-54(45-64(58)69)71(51-22-10-5-11-23-51)56-41-49(40-55(43-56)70(50-20-8-4-9-21-50)53-36-39-68-62(44-53)60-26-14-17-29-67(60)73-68)48-32-38-66-61(42-48)59-25-13-16-28-65(59)72(66)52-33-30-47(31-34-52)46-18-6-3-7-19-46/h3-4,6-10,12-45H,5,11H2,1-2H3. The highest BCUT2D eigenvalue weighted by Gasteiger charge is 2.36. The van der Waals surface area contributed by atoms with Gasteiger partial charge in [-0.1, -0.05) is 159 Å². The first kappa shape index (κ1) is 43.1. The SMILES string of the molecule is CC1(C)c2ccccc2-c2ccc(N(C3=CCCC=C3)c3cc(-c4ccc5c(c4)c4ccccc4n5-c4ccc(-c5ccccc5)cc4)cc(N(c4ccccc4)c4ccc5sc6ccccc6c5c4)c3)cc21. The Kier molecular flexibility index (Phi) is 10.2. The summed E-state index contributed by atoms with van der Waals surface area (Å²) < 4.78 is 5.01. The summed E-state index contributed by atoms with van der Waals surface area (Å²) in [5, 5.41) is 5.01. The maximum atomic E-state index is 2.50. The third-order valence-corrected chi connectivity index (χ3v) is 16.5. The molecule has 0 aliphatic heterocycles. The number of benzene rings is 10. The van der Waals surface area contributed by atoms with Gasteiger partial charge >= 0.3 is 0 Å². The lowest BCUT2D eigenvalue weighted by atomic mass is 9.82. The molecule has 0 spiro atoms. The molecule has 73 heavy (non-hydrogen) atoms. The van der Waals surface area contributed by atoms with Crippen molar-refractivity contribution < 1.29 is 0 Å². The Bertz CT molecular complexity index is 4170. The van der Waals surface area contributed by atoms with E-state index in [4.69, 9.17) is 0 Å². The second-order valence-electron chi connectivity index (χ2n) is 20.0. The topological polar surface area (TPSA) is 11.4 Å². The third kappa shape index (κ3) is 7.24. The van der Waals surface area contributed by atoms with Gasteiger partial charge in [0.1, 0.15) is 0 Å². The number of hydrogen-bond donors (Lipinski definition) is 0. The van der Waals surface area contributed by atoms with E-state index >= 15 is 0 Å². The minimum Gasteiger partial charge on any atom is -0.311 e. The molecule has 0 radical (unpaired) electrons. The summed E-state index contributed by atoms with van der Waals surface area (Å²) in [6, 6.07) is 85.6. The molecular formula is C69H51N3S. The van der Waals surface area contributed by atoms with Crippen molar-refractivity contribution in [3.63, 3.8) is 0 Å². The molecule has 348 valence electrons. The van der Waals surface area contributed by atoms with Gasteiger partial charge < -0.3 is 14.4 Å². The summed E-state index contributed by atoms with van der Waals surface area (Å²) in [7, 11) is 0. The molecule has 0 saturated carbocycles. The van der Waals surface area contributed by atoms with E-state index in [-0.39, 0.29) is 5.41 Å². The van der Waals surface area contributed by atoms with E-state index in [1.807, 2.05) is 11.3 Å². The molecule has 0 saturated heterocycles. The van der Waals surface area contributed by atoms with Crippen molar-refractivity contribution in [2.45, 2.75) is 32.1 Å². The molecule has 12 aromatic rings. The predicted molar refractivity (Wildman–Crippen MR) is 312 cm³/mol. The number of thiophene rings is 1. The number of hydrogen-bond acceptors (Lipinski definition) is 3. The Hall–Kier alpha value is -8.70. The zero-order chi connectivity index (χ0) is 48.6. The Morgan fingerprint density at radius 3 is 1.86 bits per heavy atom. The molecule has 0 N–H and O–H groups in total. The molecule has 14 rings (SSSR count). The van der Waals surface area contributed by atoms with Gasteiger partial charge in [0.15, 0.2) is 0 Å². The average molecular weight is 954 g/mol. The maximum absolute atomic E-state index is 2.50. The molecule has 0 fully saturated rings. The van der Waals surface area contributed by atoms with Gasteiger partial charge in [-0.15, -0.1) is 11.3 Å². The molecule has 0 atom stereocenters. The minimum absolute atomic E-state index is 0.148. The molecule has 0 amide bonds. The van der Waals surface area contributed by atoms with Crippen LogP contribution in [0.3, 0.4) is 0 Å². The number of rotatable bonds is 9. The zero-order valence-corrected chi connectivity index (χ0v) is 41.7. The Labute approximate surface area is 430 Å². The average Bonchev–Trinajstić information content (AvgIpc) is 4.07. The number of anilines is 5. The van der Waals surface area contributed by atoms with Gasteiger partial charge in [0.25, 0.3) is 0 Å². The number of fused-ring (bicyclic) bond motifs is 9. The van der Waals surface area contributed by atoms with E-state index in [0.29, 0.717) is 0 Å². The smallest absolute Gasteiger partial charge is 0.0541 e. The van der Waals surface area contributed by atoms with Crippen molar-refractivity contribution in [2.75, 3.05) is 9.80 Å². The molecule has 0 unspecified atom stereocenters. The highest BCUT2D eigenvalue weighted by Crippen LogP contribution is 2.51. The summed E-state index contributed by atoms with van der Waals surface area (Å²) >= 11 is 1.86. The minimum atomic E-state index is -0.148. The molecule has 2 aliphatic carbocycles. The highest BCUT2D eigenvalue weighted by molar-refractivity contribution is 7.25. The van der Waals surface area contributed by atoms with Crippen molar-refractivity contribution in [1.82, 2.24) is 4.57 Å². The third-order valence-electron chi connectivity index (χ3n) is 15.3.